The zero-order chi connectivity index (χ0) is 22.0. The zero-order valence-electron chi connectivity index (χ0n) is 16.9. The van der Waals surface area contributed by atoms with Crippen LogP contribution in [0.2, 0.25) is 0 Å². The molecule has 3 aromatic rings. The Morgan fingerprint density at radius 1 is 1.35 bits per heavy atom. The summed E-state index contributed by atoms with van der Waals surface area (Å²) in [7, 11) is 1.61. The fourth-order valence-corrected chi connectivity index (χ4v) is 5.11. The normalized spacial score (nSPS) is 15.6. The second-order valence-electron chi connectivity index (χ2n) is 7.34. The van der Waals surface area contributed by atoms with Crippen molar-refractivity contribution in [2.45, 2.75) is 30.3 Å². The molecule has 1 aliphatic rings. The van der Waals surface area contributed by atoms with Crippen LogP contribution in [0.1, 0.15) is 34.8 Å². The maximum atomic E-state index is 13.7. The van der Waals surface area contributed by atoms with Crippen LogP contribution < -0.4 is 10.9 Å². The number of H-pyrrole nitrogens is 1. The molecule has 1 aromatic heterocycles. The summed E-state index contributed by atoms with van der Waals surface area (Å²) in [6.07, 6.45) is 1.39. The molecule has 2 N–H and O–H groups in total. The van der Waals surface area contributed by atoms with Gasteiger partial charge in [-0.1, -0.05) is 0 Å². The number of hydrogen-bond acceptors (Lipinski definition) is 5. The lowest BCUT2D eigenvalue weighted by Gasteiger charge is -2.26. The molecular weight excluding hydrogens is 437 g/mol. The van der Waals surface area contributed by atoms with E-state index in [0.717, 1.165) is 22.6 Å². The predicted octanol–water partition coefficient (Wildman–Crippen LogP) is 4.20. The minimum Gasteiger partial charge on any atom is -0.385 e. The summed E-state index contributed by atoms with van der Waals surface area (Å²) in [5, 5.41) is 3.46. The van der Waals surface area contributed by atoms with E-state index in [-0.39, 0.29) is 23.3 Å². The van der Waals surface area contributed by atoms with Gasteiger partial charge in [0.15, 0.2) is 4.77 Å². The summed E-state index contributed by atoms with van der Waals surface area (Å²) in [6, 6.07) is 9.30. The van der Waals surface area contributed by atoms with E-state index in [4.69, 9.17) is 17.0 Å². The molecule has 2 aromatic carbocycles. The molecule has 1 aliphatic heterocycles. The number of carbonyl (C=O) groups excluding carboxylic acids is 1. The molecule has 0 saturated carbocycles. The van der Waals surface area contributed by atoms with Crippen LogP contribution in [-0.4, -0.2) is 34.9 Å². The van der Waals surface area contributed by atoms with Crippen LogP contribution in [0.3, 0.4) is 0 Å². The van der Waals surface area contributed by atoms with Crippen molar-refractivity contribution >= 4 is 40.8 Å². The monoisotopic (exact) mass is 459 g/mol. The number of carbonyl (C=O) groups is 1. The Morgan fingerprint density at radius 2 is 2.19 bits per heavy atom. The predicted molar refractivity (Wildman–Crippen MR) is 122 cm³/mol. The third kappa shape index (κ3) is 4.58. The van der Waals surface area contributed by atoms with Crippen molar-refractivity contribution in [3.05, 3.63) is 68.5 Å². The molecule has 4 rings (SSSR count). The number of aromatic nitrogens is 2. The van der Waals surface area contributed by atoms with Crippen LogP contribution in [0.15, 0.2) is 46.1 Å². The van der Waals surface area contributed by atoms with Gasteiger partial charge in [0.1, 0.15) is 5.82 Å². The van der Waals surface area contributed by atoms with Crippen LogP contribution in [0.25, 0.3) is 10.9 Å². The summed E-state index contributed by atoms with van der Waals surface area (Å²) in [4.78, 5) is 29.8. The average molecular weight is 460 g/mol. The molecule has 0 fully saturated rings. The standard InChI is InChI=1S/C22H22FN3O3S2/c1-29-9-2-8-26-21(28)15-5-3-13(11-18(15)25-22(26)30)20(27)24-17-7-10-31-19-6-4-14(23)12-16(17)19/h3-6,11-12,17H,2,7-10H2,1H3,(H,24,27)(H,25,30)/t17-/m1/s1. The van der Waals surface area contributed by atoms with Gasteiger partial charge in [0.25, 0.3) is 11.5 Å². The van der Waals surface area contributed by atoms with Gasteiger partial charge >= 0.3 is 0 Å². The molecule has 31 heavy (non-hydrogen) atoms. The average Bonchev–Trinajstić information content (AvgIpc) is 2.76. The Hall–Kier alpha value is -2.49. The number of rotatable bonds is 6. The molecule has 0 saturated heterocycles. The number of aromatic amines is 1. The molecule has 0 spiro atoms. The van der Waals surface area contributed by atoms with Gasteiger partial charge in [0, 0.05) is 36.5 Å². The van der Waals surface area contributed by atoms with E-state index >= 15 is 0 Å². The number of benzene rings is 2. The fraction of sp³-hybridized carbons (Fsp3) is 0.318. The van der Waals surface area contributed by atoms with E-state index in [1.807, 2.05) is 0 Å². The van der Waals surface area contributed by atoms with Crippen molar-refractivity contribution < 1.29 is 13.9 Å². The number of fused-ring (bicyclic) bond motifs is 2. The van der Waals surface area contributed by atoms with Gasteiger partial charge in [0.05, 0.1) is 16.9 Å². The number of nitrogens with zero attached hydrogens (tertiary/aromatic N) is 1. The van der Waals surface area contributed by atoms with E-state index < -0.39 is 0 Å². The number of ether oxygens (including phenoxy) is 1. The third-order valence-electron chi connectivity index (χ3n) is 5.29. The summed E-state index contributed by atoms with van der Waals surface area (Å²) in [6.45, 7) is 0.987. The van der Waals surface area contributed by atoms with Gasteiger partial charge in [-0.25, -0.2) is 4.39 Å². The fourth-order valence-electron chi connectivity index (χ4n) is 3.72. The molecule has 0 bridgehead atoms. The second-order valence-corrected chi connectivity index (χ2v) is 8.86. The number of halogens is 1. The Kier molecular flexibility index (Phi) is 6.54. The Morgan fingerprint density at radius 3 is 3.00 bits per heavy atom. The lowest BCUT2D eigenvalue weighted by molar-refractivity contribution is 0.0935. The maximum Gasteiger partial charge on any atom is 0.262 e. The summed E-state index contributed by atoms with van der Waals surface area (Å²) >= 11 is 7.00. The number of nitrogens with one attached hydrogen (secondary N) is 2. The van der Waals surface area contributed by atoms with Crippen molar-refractivity contribution in [1.29, 1.82) is 0 Å². The summed E-state index contributed by atoms with van der Waals surface area (Å²) in [5.41, 5.74) is 1.52. The molecule has 2 heterocycles. The highest BCUT2D eigenvalue weighted by molar-refractivity contribution is 7.99. The van der Waals surface area contributed by atoms with Crippen LogP contribution in [0, 0.1) is 10.6 Å². The largest absolute Gasteiger partial charge is 0.385 e. The highest BCUT2D eigenvalue weighted by Crippen LogP contribution is 2.36. The van der Waals surface area contributed by atoms with Gasteiger partial charge in [-0.15, -0.1) is 11.8 Å². The van der Waals surface area contributed by atoms with E-state index in [0.29, 0.717) is 40.8 Å². The molecule has 0 unspecified atom stereocenters. The highest BCUT2D eigenvalue weighted by atomic mass is 32.2. The van der Waals surface area contributed by atoms with Crippen molar-refractivity contribution in [2.24, 2.45) is 0 Å². The topological polar surface area (TPSA) is 76.1 Å². The van der Waals surface area contributed by atoms with E-state index in [2.05, 4.69) is 10.3 Å². The second kappa shape index (κ2) is 9.33. The van der Waals surface area contributed by atoms with Crippen molar-refractivity contribution in [2.75, 3.05) is 19.5 Å². The SMILES string of the molecule is COCCCn1c(=S)[nH]c2cc(C(=O)N[C@@H]3CCSc4ccc(F)cc43)ccc2c1=O. The molecule has 1 amide bonds. The minimum absolute atomic E-state index is 0.199. The van der Waals surface area contributed by atoms with Gasteiger partial charge in [-0.05, 0) is 67.0 Å². The molecular formula is C22H22FN3O3S2. The van der Waals surface area contributed by atoms with Gasteiger partial charge < -0.3 is 15.0 Å². The molecule has 0 aliphatic carbocycles. The number of methoxy groups -OCH3 is 1. The molecule has 6 nitrogen and oxygen atoms in total. The zero-order valence-corrected chi connectivity index (χ0v) is 18.6. The lowest BCUT2D eigenvalue weighted by Crippen LogP contribution is -2.31. The molecule has 162 valence electrons. The van der Waals surface area contributed by atoms with Gasteiger partial charge in [-0.3, -0.25) is 14.2 Å². The van der Waals surface area contributed by atoms with Crippen molar-refractivity contribution in [1.82, 2.24) is 14.9 Å². The Balaban J connectivity index is 1.60. The molecule has 0 radical (unpaired) electrons. The quantitative estimate of drug-likeness (QED) is 0.427. The van der Waals surface area contributed by atoms with Crippen LogP contribution >= 0.6 is 24.0 Å². The van der Waals surface area contributed by atoms with Gasteiger partial charge in [-0.2, -0.15) is 0 Å². The van der Waals surface area contributed by atoms with E-state index in [9.17, 15) is 14.0 Å². The van der Waals surface area contributed by atoms with Gasteiger partial charge in [0.2, 0.25) is 0 Å². The first-order valence-corrected chi connectivity index (χ1v) is 11.4. The van der Waals surface area contributed by atoms with E-state index in [1.165, 1.54) is 16.7 Å². The summed E-state index contributed by atoms with van der Waals surface area (Å²) < 4.78 is 20.6. The van der Waals surface area contributed by atoms with E-state index in [1.54, 1.807) is 43.1 Å². The van der Waals surface area contributed by atoms with Crippen molar-refractivity contribution in [3.63, 3.8) is 0 Å². The first-order chi connectivity index (χ1) is 15.0. The Bertz CT molecular complexity index is 1250. The van der Waals surface area contributed by atoms with Crippen LogP contribution in [0.5, 0.6) is 0 Å². The first-order valence-electron chi connectivity index (χ1n) is 9.97. The minimum atomic E-state index is -0.319. The Labute approximate surface area is 187 Å². The number of hydrogen-bond donors (Lipinski definition) is 2. The highest BCUT2D eigenvalue weighted by Gasteiger charge is 2.23. The van der Waals surface area contributed by atoms with Crippen LogP contribution in [-0.2, 0) is 11.3 Å². The van der Waals surface area contributed by atoms with Crippen LogP contribution in [0.4, 0.5) is 4.39 Å². The third-order valence-corrected chi connectivity index (χ3v) is 6.74. The lowest BCUT2D eigenvalue weighted by atomic mass is 10.0. The maximum absolute atomic E-state index is 13.7. The van der Waals surface area contributed by atoms with Crippen molar-refractivity contribution in [3.8, 4) is 0 Å². The first kappa shape index (κ1) is 21.7. The smallest absolute Gasteiger partial charge is 0.262 e. The number of amides is 1. The molecule has 1 atom stereocenters. The number of thioether (sulfide) groups is 1. The summed E-state index contributed by atoms with van der Waals surface area (Å²) in [5.74, 6) is 0.245. The molecule has 9 heteroatoms.